The van der Waals surface area contributed by atoms with Crippen LogP contribution in [0.3, 0.4) is 0 Å². The van der Waals surface area contributed by atoms with Crippen molar-refractivity contribution in [2.45, 2.75) is 25.5 Å². The lowest BCUT2D eigenvalue weighted by Crippen LogP contribution is -2.14. The molecule has 0 aliphatic carbocycles. The third-order valence-corrected chi connectivity index (χ3v) is 3.43. The van der Waals surface area contributed by atoms with E-state index in [9.17, 15) is 4.79 Å². The molecule has 1 heterocycles. The molecule has 0 aromatic carbocycles. The Hall–Kier alpha value is -1.23. The number of hydrogen-bond acceptors (Lipinski definition) is 4. The zero-order valence-electron chi connectivity index (χ0n) is 10.4. The number of thioether (sulfide) groups is 1. The summed E-state index contributed by atoms with van der Waals surface area (Å²) in [5.74, 6) is -0.272. The van der Waals surface area contributed by atoms with Crippen molar-refractivity contribution in [1.29, 1.82) is 0 Å². The molecular formula is C12H18N2O2S. The number of carboxylic acids is 1. The van der Waals surface area contributed by atoms with Gasteiger partial charge in [-0.05, 0) is 24.8 Å². The molecule has 1 aromatic rings. The lowest BCUT2D eigenvalue weighted by Gasteiger charge is -2.11. The number of rotatable bonds is 6. The minimum atomic E-state index is -0.914. The molecule has 0 amide bonds. The van der Waals surface area contributed by atoms with Crippen molar-refractivity contribution in [3.8, 4) is 0 Å². The number of aryl methyl sites for hydroxylation is 1. The zero-order chi connectivity index (χ0) is 12.8. The third-order valence-electron chi connectivity index (χ3n) is 2.46. The molecule has 4 nitrogen and oxygen atoms in total. The Morgan fingerprint density at radius 1 is 1.59 bits per heavy atom. The van der Waals surface area contributed by atoms with E-state index in [1.165, 1.54) is 0 Å². The summed E-state index contributed by atoms with van der Waals surface area (Å²) in [6, 6.07) is 3.19. The Balaban J connectivity index is 2.83. The molecule has 0 saturated carbocycles. The van der Waals surface area contributed by atoms with E-state index in [1.807, 2.05) is 13.2 Å². The van der Waals surface area contributed by atoms with Gasteiger partial charge in [-0.15, -0.1) is 0 Å². The smallest absolute Gasteiger partial charge is 0.335 e. The van der Waals surface area contributed by atoms with E-state index in [4.69, 9.17) is 5.11 Å². The Labute approximate surface area is 106 Å². The Bertz CT molecular complexity index is 396. The molecular weight excluding hydrogens is 236 g/mol. The SMILES string of the molecule is CCc1cc(C(=O)O)cc(NCC(C)SC)n1. The number of anilines is 1. The minimum Gasteiger partial charge on any atom is -0.478 e. The second kappa shape index (κ2) is 6.49. The highest BCUT2D eigenvalue weighted by Gasteiger charge is 2.08. The van der Waals surface area contributed by atoms with Crippen LogP contribution in [0.1, 0.15) is 29.9 Å². The molecule has 1 unspecified atom stereocenters. The lowest BCUT2D eigenvalue weighted by molar-refractivity contribution is 0.0696. The van der Waals surface area contributed by atoms with Gasteiger partial charge in [0.25, 0.3) is 0 Å². The number of nitrogens with zero attached hydrogens (tertiary/aromatic N) is 1. The van der Waals surface area contributed by atoms with Crippen molar-refractivity contribution in [3.05, 3.63) is 23.4 Å². The number of aromatic carboxylic acids is 1. The van der Waals surface area contributed by atoms with Crippen LogP contribution < -0.4 is 5.32 Å². The predicted molar refractivity (Wildman–Crippen MR) is 72.0 cm³/mol. The first-order valence-electron chi connectivity index (χ1n) is 5.57. The number of pyridine rings is 1. The molecule has 1 aromatic heterocycles. The van der Waals surface area contributed by atoms with E-state index in [1.54, 1.807) is 23.9 Å². The van der Waals surface area contributed by atoms with Gasteiger partial charge < -0.3 is 10.4 Å². The molecule has 2 N–H and O–H groups in total. The second-order valence-electron chi connectivity index (χ2n) is 3.82. The maximum absolute atomic E-state index is 11.0. The number of hydrogen-bond donors (Lipinski definition) is 2. The first-order valence-corrected chi connectivity index (χ1v) is 6.86. The Kier molecular flexibility index (Phi) is 5.28. The summed E-state index contributed by atoms with van der Waals surface area (Å²) < 4.78 is 0. The quantitative estimate of drug-likeness (QED) is 0.816. The summed E-state index contributed by atoms with van der Waals surface area (Å²) in [6.45, 7) is 4.85. The van der Waals surface area contributed by atoms with Gasteiger partial charge in [-0.2, -0.15) is 11.8 Å². The van der Waals surface area contributed by atoms with Gasteiger partial charge in [0.15, 0.2) is 0 Å². The number of nitrogens with one attached hydrogen (secondary N) is 1. The Morgan fingerprint density at radius 3 is 2.82 bits per heavy atom. The number of carbonyl (C=O) groups is 1. The highest BCUT2D eigenvalue weighted by atomic mass is 32.2. The van der Waals surface area contributed by atoms with E-state index in [0.29, 0.717) is 11.1 Å². The summed E-state index contributed by atoms with van der Waals surface area (Å²) in [5.41, 5.74) is 1.08. The van der Waals surface area contributed by atoms with Crippen molar-refractivity contribution in [2.75, 3.05) is 18.1 Å². The van der Waals surface area contributed by atoms with Crippen LogP contribution in [0, 0.1) is 0 Å². The van der Waals surface area contributed by atoms with Gasteiger partial charge in [0.05, 0.1) is 5.56 Å². The summed E-state index contributed by atoms with van der Waals surface area (Å²) in [4.78, 5) is 15.3. The zero-order valence-corrected chi connectivity index (χ0v) is 11.2. The standard InChI is InChI=1S/C12H18N2O2S/c1-4-10-5-9(12(15)16)6-11(14-10)13-7-8(2)17-3/h5-6,8H,4,7H2,1-3H3,(H,13,14)(H,15,16). The molecule has 1 rings (SSSR count). The summed E-state index contributed by atoms with van der Waals surface area (Å²) in [5, 5.41) is 12.6. The van der Waals surface area contributed by atoms with Crippen molar-refractivity contribution >= 4 is 23.5 Å². The number of aromatic nitrogens is 1. The van der Waals surface area contributed by atoms with Gasteiger partial charge >= 0.3 is 5.97 Å². The molecule has 5 heteroatoms. The van der Waals surface area contributed by atoms with E-state index < -0.39 is 5.97 Å². The average molecular weight is 254 g/mol. The molecule has 0 fully saturated rings. The first-order chi connectivity index (χ1) is 8.06. The topological polar surface area (TPSA) is 62.2 Å². The second-order valence-corrected chi connectivity index (χ2v) is 5.09. The lowest BCUT2D eigenvalue weighted by atomic mass is 10.2. The fourth-order valence-corrected chi connectivity index (χ4v) is 1.56. The van der Waals surface area contributed by atoms with Gasteiger partial charge in [0, 0.05) is 17.5 Å². The molecule has 0 bridgehead atoms. The molecule has 94 valence electrons. The average Bonchev–Trinajstić information content (AvgIpc) is 2.35. The fourth-order valence-electron chi connectivity index (χ4n) is 1.31. The summed E-state index contributed by atoms with van der Waals surface area (Å²) in [7, 11) is 0. The van der Waals surface area contributed by atoms with Gasteiger partial charge in [0.1, 0.15) is 5.82 Å². The van der Waals surface area contributed by atoms with E-state index in [0.717, 1.165) is 18.7 Å². The molecule has 1 atom stereocenters. The van der Waals surface area contributed by atoms with Crippen LogP contribution in [0.25, 0.3) is 0 Å². The number of carboxylic acid groups (broad SMARTS) is 1. The molecule has 0 radical (unpaired) electrons. The molecule has 0 spiro atoms. The summed E-state index contributed by atoms with van der Waals surface area (Å²) in [6.07, 6.45) is 2.78. The Morgan fingerprint density at radius 2 is 2.29 bits per heavy atom. The molecule has 0 aliphatic heterocycles. The molecule has 0 aliphatic rings. The molecule has 17 heavy (non-hydrogen) atoms. The minimum absolute atomic E-state index is 0.288. The van der Waals surface area contributed by atoms with Gasteiger partial charge in [-0.3, -0.25) is 0 Å². The summed E-state index contributed by atoms with van der Waals surface area (Å²) >= 11 is 1.76. The van der Waals surface area contributed by atoms with Crippen LogP contribution in [-0.2, 0) is 6.42 Å². The maximum Gasteiger partial charge on any atom is 0.335 e. The van der Waals surface area contributed by atoms with Gasteiger partial charge in [0.2, 0.25) is 0 Å². The van der Waals surface area contributed by atoms with Crippen molar-refractivity contribution in [1.82, 2.24) is 4.98 Å². The van der Waals surface area contributed by atoms with Crippen LogP contribution in [0.15, 0.2) is 12.1 Å². The van der Waals surface area contributed by atoms with Crippen molar-refractivity contribution in [3.63, 3.8) is 0 Å². The highest BCUT2D eigenvalue weighted by molar-refractivity contribution is 7.99. The monoisotopic (exact) mass is 254 g/mol. The van der Waals surface area contributed by atoms with Crippen LogP contribution in [0.4, 0.5) is 5.82 Å². The van der Waals surface area contributed by atoms with Gasteiger partial charge in [-0.1, -0.05) is 13.8 Å². The van der Waals surface area contributed by atoms with Crippen LogP contribution >= 0.6 is 11.8 Å². The van der Waals surface area contributed by atoms with Crippen molar-refractivity contribution < 1.29 is 9.90 Å². The van der Waals surface area contributed by atoms with Crippen LogP contribution in [-0.4, -0.2) is 34.1 Å². The van der Waals surface area contributed by atoms with Crippen LogP contribution in [0.5, 0.6) is 0 Å². The maximum atomic E-state index is 11.0. The van der Waals surface area contributed by atoms with E-state index >= 15 is 0 Å². The van der Waals surface area contributed by atoms with Gasteiger partial charge in [-0.25, -0.2) is 9.78 Å². The highest BCUT2D eigenvalue weighted by Crippen LogP contribution is 2.13. The molecule has 0 saturated heterocycles. The largest absolute Gasteiger partial charge is 0.478 e. The normalized spacial score (nSPS) is 12.2. The third kappa shape index (κ3) is 4.26. The van der Waals surface area contributed by atoms with Crippen LogP contribution in [0.2, 0.25) is 0 Å². The van der Waals surface area contributed by atoms with E-state index in [2.05, 4.69) is 17.2 Å². The van der Waals surface area contributed by atoms with E-state index in [-0.39, 0.29) is 5.56 Å². The fraction of sp³-hybridized carbons (Fsp3) is 0.500. The first kappa shape index (κ1) is 13.8. The van der Waals surface area contributed by atoms with Crippen molar-refractivity contribution in [2.24, 2.45) is 0 Å². The predicted octanol–water partition coefficient (Wildman–Crippen LogP) is 2.51.